The van der Waals surface area contributed by atoms with Crippen molar-refractivity contribution in [3.63, 3.8) is 0 Å². The largest absolute Gasteiger partial charge is 0.468 e. The number of hydrogen-bond acceptors (Lipinski definition) is 6. The van der Waals surface area contributed by atoms with Crippen LogP contribution >= 0.6 is 15.9 Å². The molecular weight excluding hydrogens is 508 g/mol. The molecule has 3 rings (SSSR count). The fraction of sp³-hybridized carbons (Fsp3) is 0.348. The molecule has 33 heavy (non-hydrogen) atoms. The summed E-state index contributed by atoms with van der Waals surface area (Å²) in [5, 5.41) is 8.32. The number of aryl methyl sites for hydroxylation is 1. The smallest absolute Gasteiger partial charge is 0.324 e. The van der Waals surface area contributed by atoms with E-state index in [9.17, 15) is 13.2 Å². The Kier molecular flexibility index (Phi) is 8.04. The first-order valence-corrected chi connectivity index (χ1v) is 12.7. The Hall–Kier alpha value is -2.56. The molecule has 3 aromatic rings. The maximum Gasteiger partial charge on any atom is 0.324 e. The summed E-state index contributed by atoms with van der Waals surface area (Å²) >= 11 is 3.32. The Morgan fingerprint density at radius 2 is 1.82 bits per heavy atom. The van der Waals surface area contributed by atoms with Gasteiger partial charge < -0.3 is 4.74 Å². The minimum absolute atomic E-state index is 0.0617. The van der Waals surface area contributed by atoms with Gasteiger partial charge in [0.25, 0.3) is 0 Å². The van der Waals surface area contributed by atoms with Crippen LogP contribution in [0.2, 0.25) is 0 Å². The molecule has 2 aromatic carbocycles. The minimum Gasteiger partial charge on any atom is -0.468 e. The number of esters is 1. The molecule has 0 aliphatic carbocycles. The van der Waals surface area contributed by atoms with Crippen molar-refractivity contribution < 1.29 is 17.9 Å². The zero-order valence-electron chi connectivity index (χ0n) is 19.0. The van der Waals surface area contributed by atoms with Gasteiger partial charge in [-0.3, -0.25) is 4.79 Å². The quantitative estimate of drug-likeness (QED) is 0.387. The normalized spacial score (nSPS) is 12.8. The van der Waals surface area contributed by atoms with E-state index in [1.807, 2.05) is 31.2 Å². The Labute approximate surface area is 202 Å². The highest BCUT2D eigenvalue weighted by atomic mass is 79.9. The van der Waals surface area contributed by atoms with Gasteiger partial charge >= 0.3 is 5.97 Å². The van der Waals surface area contributed by atoms with Crippen LogP contribution in [0.3, 0.4) is 0 Å². The maximum absolute atomic E-state index is 13.7. The highest BCUT2D eigenvalue weighted by molar-refractivity contribution is 9.10. The van der Waals surface area contributed by atoms with E-state index in [2.05, 4.69) is 26.2 Å². The van der Waals surface area contributed by atoms with Crippen LogP contribution < -0.4 is 0 Å². The van der Waals surface area contributed by atoms with Gasteiger partial charge in [-0.1, -0.05) is 61.0 Å². The van der Waals surface area contributed by atoms with Crippen LogP contribution in [0.25, 0.3) is 0 Å². The molecule has 0 saturated heterocycles. The van der Waals surface area contributed by atoms with Gasteiger partial charge in [0.1, 0.15) is 6.04 Å². The summed E-state index contributed by atoms with van der Waals surface area (Å²) in [5.74, 6) is -0.968. The average molecular weight is 535 g/mol. The van der Waals surface area contributed by atoms with Crippen LogP contribution in [0.15, 0.2) is 64.1 Å². The number of nitrogens with zero attached hydrogens (tertiary/aromatic N) is 4. The molecule has 1 heterocycles. The third kappa shape index (κ3) is 5.87. The summed E-state index contributed by atoms with van der Waals surface area (Å²) in [6.45, 7) is 5.94. The summed E-state index contributed by atoms with van der Waals surface area (Å²) in [4.78, 5) is 12.7. The summed E-state index contributed by atoms with van der Waals surface area (Å²) in [5.41, 5.74) is 2.63. The first-order valence-electron chi connectivity index (χ1n) is 10.4. The molecule has 0 unspecified atom stereocenters. The molecule has 1 aromatic heterocycles. The zero-order valence-corrected chi connectivity index (χ0v) is 21.4. The molecular formula is C23H27BrN4O4S. The second kappa shape index (κ2) is 10.6. The number of carbonyl (C=O) groups is 1. The molecule has 0 bridgehead atoms. The van der Waals surface area contributed by atoms with Gasteiger partial charge in [0.15, 0.2) is 0 Å². The molecule has 0 aliphatic heterocycles. The molecule has 0 N–H and O–H groups in total. The summed E-state index contributed by atoms with van der Waals surface area (Å²) < 4.78 is 35.5. The standard InChI is InChI=1S/C23H27BrN4O4S/c1-16(2)22(23(29)32-4)28(33(30,31)21-8-6-5-7-20(21)24)15-19-14-27(26-25-19)13-18-11-9-17(3)10-12-18/h5-12,14,16,22H,13,15H2,1-4H3/t22-/m0/s1. The van der Waals surface area contributed by atoms with E-state index in [1.165, 1.54) is 13.2 Å². The zero-order chi connectivity index (χ0) is 24.2. The fourth-order valence-electron chi connectivity index (χ4n) is 3.48. The Morgan fingerprint density at radius 1 is 1.15 bits per heavy atom. The van der Waals surface area contributed by atoms with Crippen molar-refractivity contribution in [1.82, 2.24) is 19.3 Å². The van der Waals surface area contributed by atoms with Gasteiger partial charge in [-0.2, -0.15) is 4.31 Å². The van der Waals surface area contributed by atoms with Crippen LogP contribution in [-0.2, 0) is 32.6 Å². The van der Waals surface area contributed by atoms with Gasteiger partial charge in [0.2, 0.25) is 10.0 Å². The monoisotopic (exact) mass is 534 g/mol. The molecule has 10 heteroatoms. The third-order valence-corrected chi connectivity index (χ3v) is 8.02. The van der Waals surface area contributed by atoms with Crippen LogP contribution in [-0.4, -0.2) is 46.8 Å². The lowest BCUT2D eigenvalue weighted by Gasteiger charge is -2.31. The number of aromatic nitrogens is 3. The van der Waals surface area contributed by atoms with E-state index < -0.39 is 22.0 Å². The van der Waals surface area contributed by atoms with E-state index in [-0.39, 0.29) is 17.4 Å². The summed E-state index contributed by atoms with van der Waals surface area (Å²) in [7, 11) is -2.83. The minimum atomic E-state index is -4.08. The van der Waals surface area contributed by atoms with Crippen molar-refractivity contribution in [3.05, 3.63) is 76.0 Å². The van der Waals surface area contributed by atoms with E-state index >= 15 is 0 Å². The van der Waals surface area contributed by atoms with E-state index in [0.29, 0.717) is 16.7 Å². The molecule has 0 spiro atoms. The first-order chi connectivity index (χ1) is 15.6. The number of rotatable bonds is 9. The molecule has 0 fully saturated rings. The number of hydrogen-bond donors (Lipinski definition) is 0. The van der Waals surface area contributed by atoms with Gasteiger partial charge in [-0.15, -0.1) is 5.10 Å². The highest BCUT2D eigenvalue weighted by Crippen LogP contribution is 2.29. The number of carbonyl (C=O) groups excluding carboxylic acids is 1. The van der Waals surface area contributed by atoms with E-state index in [0.717, 1.165) is 15.4 Å². The second-order valence-electron chi connectivity index (χ2n) is 8.09. The Bertz CT molecular complexity index is 1210. The SMILES string of the molecule is COC(=O)[C@H](C(C)C)N(Cc1cn(Cc2ccc(C)cc2)nn1)S(=O)(=O)c1ccccc1Br. The first kappa shape index (κ1) is 25.1. The Morgan fingerprint density at radius 3 is 2.42 bits per heavy atom. The lowest BCUT2D eigenvalue weighted by molar-refractivity contribution is -0.146. The van der Waals surface area contributed by atoms with Crippen molar-refractivity contribution >= 4 is 31.9 Å². The lowest BCUT2D eigenvalue weighted by atomic mass is 10.0. The van der Waals surface area contributed by atoms with Crippen molar-refractivity contribution in [3.8, 4) is 0 Å². The highest BCUT2D eigenvalue weighted by Gasteiger charge is 2.40. The van der Waals surface area contributed by atoms with Gasteiger partial charge in [-0.25, -0.2) is 13.1 Å². The van der Waals surface area contributed by atoms with Crippen molar-refractivity contribution in [1.29, 1.82) is 0 Å². The average Bonchev–Trinajstić information content (AvgIpc) is 3.21. The second-order valence-corrected chi connectivity index (χ2v) is 10.8. The Balaban J connectivity index is 1.97. The van der Waals surface area contributed by atoms with Crippen LogP contribution in [0.1, 0.15) is 30.7 Å². The topological polar surface area (TPSA) is 94.4 Å². The van der Waals surface area contributed by atoms with Crippen molar-refractivity contribution in [2.24, 2.45) is 5.92 Å². The third-order valence-electron chi connectivity index (χ3n) is 5.18. The van der Waals surface area contributed by atoms with Gasteiger partial charge in [0, 0.05) is 4.47 Å². The molecule has 0 radical (unpaired) electrons. The molecule has 0 aliphatic rings. The van der Waals surface area contributed by atoms with Crippen molar-refractivity contribution in [2.45, 2.75) is 44.8 Å². The number of ether oxygens (including phenoxy) is 1. The molecule has 176 valence electrons. The van der Waals surface area contributed by atoms with Crippen LogP contribution in [0.5, 0.6) is 0 Å². The number of benzene rings is 2. The molecule has 1 atom stereocenters. The number of methoxy groups -OCH3 is 1. The number of sulfonamides is 1. The van der Waals surface area contributed by atoms with E-state index in [4.69, 9.17) is 4.74 Å². The molecule has 0 amide bonds. The summed E-state index contributed by atoms with van der Waals surface area (Å²) in [6, 6.07) is 13.5. The lowest BCUT2D eigenvalue weighted by Crippen LogP contribution is -2.48. The van der Waals surface area contributed by atoms with Crippen molar-refractivity contribution in [2.75, 3.05) is 7.11 Å². The maximum atomic E-state index is 13.7. The fourth-order valence-corrected chi connectivity index (χ4v) is 6.13. The molecule has 8 nitrogen and oxygen atoms in total. The van der Waals surface area contributed by atoms with Crippen LogP contribution in [0.4, 0.5) is 0 Å². The van der Waals surface area contributed by atoms with E-state index in [1.54, 1.807) is 42.9 Å². The number of halogens is 1. The van der Waals surface area contributed by atoms with Gasteiger partial charge in [-0.05, 0) is 46.5 Å². The predicted molar refractivity (Wildman–Crippen MR) is 128 cm³/mol. The van der Waals surface area contributed by atoms with Gasteiger partial charge in [0.05, 0.1) is 37.0 Å². The summed E-state index contributed by atoms with van der Waals surface area (Å²) in [6.07, 6.45) is 1.69. The predicted octanol–water partition coefficient (Wildman–Crippen LogP) is 3.79. The molecule has 0 saturated carbocycles. The van der Waals surface area contributed by atoms with Crippen LogP contribution in [0, 0.1) is 12.8 Å².